The number of hydrogen-bond acceptors (Lipinski definition) is 3. The summed E-state index contributed by atoms with van der Waals surface area (Å²) in [6, 6.07) is 0.359. The molecule has 6 heteroatoms. The lowest BCUT2D eigenvalue weighted by Gasteiger charge is -2.37. The molecular weight excluding hydrogens is 308 g/mol. The number of aliphatic carboxylic acids is 1. The first-order chi connectivity index (χ1) is 11.6. The number of carboxylic acid groups (broad SMARTS) is 1. The number of rotatable bonds is 5. The van der Waals surface area contributed by atoms with Crippen LogP contribution in [-0.2, 0) is 14.4 Å². The standard InChI is InChI=1S/C18H28N2O4/c21-16-11-13(12-20(16)14-5-1-2-6-14)18(24)19-10-4-3-7-15(19)8-9-17(22)23/h13-15H,1-12H2,(H,22,23)/t13-,15+/m1/s1. The summed E-state index contributed by atoms with van der Waals surface area (Å²) in [6.45, 7) is 1.27. The maximum Gasteiger partial charge on any atom is 0.303 e. The lowest BCUT2D eigenvalue weighted by atomic mass is 9.95. The second kappa shape index (κ2) is 7.53. The minimum Gasteiger partial charge on any atom is -0.481 e. The van der Waals surface area contributed by atoms with Crippen molar-refractivity contribution in [1.82, 2.24) is 9.80 Å². The minimum absolute atomic E-state index is 0.0259. The van der Waals surface area contributed by atoms with E-state index in [2.05, 4.69) is 0 Å². The highest BCUT2D eigenvalue weighted by atomic mass is 16.4. The van der Waals surface area contributed by atoms with E-state index in [1.54, 1.807) is 0 Å². The monoisotopic (exact) mass is 336 g/mol. The zero-order valence-electron chi connectivity index (χ0n) is 14.3. The first-order valence-corrected chi connectivity index (χ1v) is 9.38. The molecule has 0 radical (unpaired) electrons. The first kappa shape index (κ1) is 17.2. The number of carbonyl (C=O) groups is 3. The number of carbonyl (C=O) groups excluding carboxylic acids is 2. The second-order valence-electron chi connectivity index (χ2n) is 7.50. The molecule has 0 aromatic carbocycles. The molecule has 3 aliphatic rings. The summed E-state index contributed by atoms with van der Waals surface area (Å²) in [7, 11) is 0. The zero-order valence-corrected chi connectivity index (χ0v) is 14.3. The van der Waals surface area contributed by atoms with Crippen molar-refractivity contribution in [2.75, 3.05) is 13.1 Å². The molecule has 1 saturated carbocycles. The third-order valence-corrected chi connectivity index (χ3v) is 5.87. The summed E-state index contributed by atoms with van der Waals surface area (Å²) in [5.74, 6) is -0.849. The average molecular weight is 336 g/mol. The normalized spacial score (nSPS) is 28.6. The van der Waals surface area contributed by atoms with E-state index in [4.69, 9.17) is 5.11 Å². The highest BCUT2D eigenvalue weighted by Gasteiger charge is 2.41. The Morgan fingerprint density at radius 1 is 1.08 bits per heavy atom. The second-order valence-corrected chi connectivity index (χ2v) is 7.50. The molecular formula is C18H28N2O4. The number of hydrogen-bond donors (Lipinski definition) is 1. The SMILES string of the molecule is O=C(O)CC[C@@H]1CCCCN1C(=O)[C@@H]1CC(=O)N(C2CCCC2)C1. The van der Waals surface area contributed by atoms with Gasteiger partial charge < -0.3 is 14.9 Å². The number of carboxylic acids is 1. The summed E-state index contributed by atoms with van der Waals surface area (Å²) in [6.07, 6.45) is 8.35. The van der Waals surface area contributed by atoms with Crippen LogP contribution in [0.25, 0.3) is 0 Å². The van der Waals surface area contributed by atoms with Gasteiger partial charge in [0.2, 0.25) is 11.8 Å². The molecule has 2 atom stereocenters. The number of amides is 2. The molecule has 1 N–H and O–H groups in total. The molecule has 2 aliphatic heterocycles. The van der Waals surface area contributed by atoms with Crippen molar-refractivity contribution < 1.29 is 19.5 Å². The molecule has 1 aliphatic carbocycles. The molecule has 0 aromatic rings. The van der Waals surface area contributed by atoms with Crippen LogP contribution < -0.4 is 0 Å². The average Bonchev–Trinajstić information content (AvgIpc) is 3.21. The molecule has 0 spiro atoms. The van der Waals surface area contributed by atoms with Crippen molar-refractivity contribution in [2.24, 2.45) is 5.92 Å². The van der Waals surface area contributed by atoms with Crippen molar-refractivity contribution in [2.45, 2.75) is 76.3 Å². The van der Waals surface area contributed by atoms with Gasteiger partial charge >= 0.3 is 5.97 Å². The summed E-state index contributed by atoms with van der Waals surface area (Å²) < 4.78 is 0. The predicted octanol–water partition coefficient (Wildman–Crippen LogP) is 2.02. The molecule has 2 saturated heterocycles. The summed E-state index contributed by atoms with van der Waals surface area (Å²) >= 11 is 0. The number of nitrogens with zero attached hydrogens (tertiary/aromatic N) is 2. The van der Waals surface area contributed by atoms with E-state index in [0.717, 1.165) is 32.1 Å². The van der Waals surface area contributed by atoms with Crippen LogP contribution in [0.2, 0.25) is 0 Å². The van der Waals surface area contributed by atoms with Gasteiger partial charge in [-0.15, -0.1) is 0 Å². The molecule has 6 nitrogen and oxygen atoms in total. The largest absolute Gasteiger partial charge is 0.481 e. The topological polar surface area (TPSA) is 77.9 Å². The molecule has 134 valence electrons. The van der Waals surface area contributed by atoms with E-state index in [1.165, 1.54) is 12.8 Å². The van der Waals surface area contributed by atoms with Gasteiger partial charge in [0.25, 0.3) is 0 Å². The van der Waals surface area contributed by atoms with Crippen LogP contribution >= 0.6 is 0 Å². The third kappa shape index (κ3) is 3.73. The fourth-order valence-electron chi connectivity index (χ4n) is 4.58. The highest BCUT2D eigenvalue weighted by molar-refractivity contribution is 5.89. The predicted molar refractivity (Wildman–Crippen MR) is 88.3 cm³/mol. The fraction of sp³-hybridized carbons (Fsp3) is 0.833. The molecule has 2 heterocycles. The van der Waals surface area contributed by atoms with Crippen LogP contribution in [0.5, 0.6) is 0 Å². The smallest absolute Gasteiger partial charge is 0.303 e. The van der Waals surface area contributed by atoms with Gasteiger partial charge in [0.1, 0.15) is 0 Å². The summed E-state index contributed by atoms with van der Waals surface area (Å²) in [5.41, 5.74) is 0. The van der Waals surface area contributed by atoms with Crippen molar-refractivity contribution in [3.63, 3.8) is 0 Å². The lowest BCUT2D eigenvalue weighted by Crippen LogP contribution is -2.47. The Labute approximate surface area is 143 Å². The van der Waals surface area contributed by atoms with Crippen LogP contribution in [0.1, 0.15) is 64.2 Å². The fourth-order valence-corrected chi connectivity index (χ4v) is 4.58. The molecule has 0 aromatic heterocycles. The van der Waals surface area contributed by atoms with Crippen molar-refractivity contribution in [3.05, 3.63) is 0 Å². The van der Waals surface area contributed by atoms with Crippen molar-refractivity contribution in [3.8, 4) is 0 Å². The first-order valence-electron chi connectivity index (χ1n) is 9.38. The number of piperidine rings is 1. The van der Waals surface area contributed by atoms with Gasteiger partial charge in [-0.3, -0.25) is 14.4 Å². The van der Waals surface area contributed by atoms with Gasteiger partial charge in [0, 0.05) is 38.0 Å². The molecule has 2 amide bonds. The van der Waals surface area contributed by atoms with Gasteiger partial charge in [0.05, 0.1) is 5.92 Å². The quantitative estimate of drug-likeness (QED) is 0.833. The van der Waals surface area contributed by atoms with E-state index < -0.39 is 5.97 Å². The Balaban J connectivity index is 1.61. The van der Waals surface area contributed by atoms with Gasteiger partial charge in [0.15, 0.2) is 0 Å². The molecule has 0 bridgehead atoms. The van der Waals surface area contributed by atoms with Crippen LogP contribution in [0.15, 0.2) is 0 Å². The van der Waals surface area contributed by atoms with Crippen molar-refractivity contribution >= 4 is 17.8 Å². The highest BCUT2D eigenvalue weighted by Crippen LogP contribution is 2.31. The molecule has 3 fully saturated rings. The Morgan fingerprint density at radius 3 is 2.50 bits per heavy atom. The Morgan fingerprint density at radius 2 is 1.79 bits per heavy atom. The Bertz CT molecular complexity index is 501. The summed E-state index contributed by atoms with van der Waals surface area (Å²) in [5, 5.41) is 8.92. The molecule has 0 unspecified atom stereocenters. The maximum atomic E-state index is 13.0. The van der Waals surface area contributed by atoms with Crippen LogP contribution in [0.4, 0.5) is 0 Å². The van der Waals surface area contributed by atoms with E-state index >= 15 is 0 Å². The van der Waals surface area contributed by atoms with Crippen LogP contribution in [-0.4, -0.2) is 57.9 Å². The molecule has 24 heavy (non-hydrogen) atoms. The van der Waals surface area contributed by atoms with Crippen LogP contribution in [0, 0.1) is 5.92 Å². The van der Waals surface area contributed by atoms with Gasteiger partial charge in [-0.05, 0) is 38.5 Å². The lowest BCUT2D eigenvalue weighted by molar-refractivity contribution is -0.142. The van der Waals surface area contributed by atoms with E-state index in [0.29, 0.717) is 32.0 Å². The number of likely N-dealkylation sites (tertiary alicyclic amines) is 2. The minimum atomic E-state index is -0.809. The van der Waals surface area contributed by atoms with Crippen LogP contribution in [0.3, 0.4) is 0 Å². The van der Waals surface area contributed by atoms with Crippen molar-refractivity contribution in [1.29, 1.82) is 0 Å². The third-order valence-electron chi connectivity index (χ3n) is 5.87. The van der Waals surface area contributed by atoms with Gasteiger partial charge in [-0.2, -0.15) is 0 Å². The van der Waals surface area contributed by atoms with E-state index in [-0.39, 0.29) is 30.2 Å². The Hall–Kier alpha value is -1.59. The van der Waals surface area contributed by atoms with E-state index in [9.17, 15) is 14.4 Å². The van der Waals surface area contributed by atoms with Gasteiger partial charge in [-0.1, -0.05) is 12.8 Å². The van der Waals surface area contributed by atoms with Gasteiger partial charge in [-0.25, -0.2) is 0 Å². The summed E-state index contributed by atoms with van der Waals surface area (Å²) in [4.78, 5) is 40.0. The molecule has 3 rings (SSSR count). The van der Waals surface area contributed by atoms with E-state index in [1.807, 2.05) is 9.80 Å². The zero-order chi connectivity index (χ0) is 17.1. The maximum absolute atomic E-state index is 13.0. The Kier molecular flexibility index (Phi) is 5.41.